The van der Waals surface area contributed by atoms with Crippen LogP contribution in [0.2, 0.25) is 0 Å². The smallest absolute Gasteiger partial charge is 0.311 e. The van der Waals surface area contributed by atoms with E-state index in [2.05, 4.69) is 10.5 Å². The molecule has 2 rings (SSSR count). The monoisotopic (exact) mass is 299 g/mol. The van der Waals surface area contributed by atoms with Gasteiger partial charge in [0.2, 0.25) is 0 Å². The van der Waals surface area contributed by atoms with E-state index in [0.717, 1.165) is 5.56 Å². The molecule has 0 aliphatic heterocycles. The normalized spacial score (nSPS) is 10.6. The number of nitro benzene ring substituents is 1. The Kier molecular flexibility index (Phi) is 4.47. The second kappa shape index (κ2) is 6.49. The average Bonchev–Trinajstić information content (AvgIpc) is 2.49. The van der Waals surface area contributed by atoms with Gasteiger partial charge in [-0.1, -0.05) is 18.2 Å². The van der Waals surface area contributed by atoms with E-state index in [0.29, 0.717) is 11.1 Å². The van der Waals surface area contributed by atoms with Crippen molar-refractivity contribution in [2.45, 2.75) is 6.92 Å². The SMILES string of the molecule is Cc1ccccc1C(=O)N/N=C/c1ccc(O)c([N+](=O)[O-])c1. The maximum absolute atomic E-state index is 11.9. The molecular weight excluding hydrogens is 286 g/mol. The highest BCUT2D eigenvalue weighted by Gasteiger charge is 2.12. The summed E-state index contributed by atoms with van der Waals surface area (Å²) >= 11 is 0. The van der Waals surface area contributed by atoms with E-state index >= 15 is 0 Å². The summed E-state index contributed by atoms with van der Waals surface area (Å²) in [5.74, 6) is -0.797. The lowest BCUT2D eigenvalue weighted by Gasteiger charge is -2.03. The molecule has 0 aliphatic carbocycles. The highest BCUT2D eigenvalue weighted by molar-refractivity contribution is 5.96. The van der Waals surface area contributed by atoms with Crippen LogP contribution in [0, 0.1) is 17.0 Å². The standard InChI is InChI=1S/C15H13N3O4/c1-10-4-2-3-5-12(10)15(20)17-16-9-11-6-7-14(19)13(8-11)18(21)22/h2-9,19H,1H3,(H,17,20)/b16-9+. The van der Waals surface area contributed by atoms with Crippen LogP contribution in [0.15, 0.2) is 47.6 Å². The van der Waals surface area contributed by atoms with E-state index in [1.54, 1.807) is 12.1 Å². The molecule has 0 aliphatic rings. The Morgan fingerprint density at radius 3 is 2.73 bits per heavy atom. The molecule has 1 amide bonds. The number of amides is 1. The number of nitrogens with zero attached hydrogens (tertiary/aromatic N) is 2. The molecule has 0 unspecified atom stereocenters. The van der Waals surface area contributed by atoms with Crippen molar-refractivity contribution in [1.29, 1.82) is 0 Å². The summed E-state index contributed by atoms with van der Waals surface area (Å²) in [4.78, 5) is 21.9. The fourth-order valence-electron chi connectivity index (χ4n) is 1.82. The predicted molar refractivity (Wildman–Crippen MR) is 81.0 cm³/mol. The van der Waals surface area contributed by atoms with Gasteiger partial charge < -0.3 is 5.11 Å². The minimum absolute atomic E-state index is 0.373. The molecule has 0 saturated carbocycles. The number of hydrogen-bond donors (Lipinski definition) is 2. The zero-order chi connectivity index (χ0) is 16.1. The topological polar surface area (TPSA) is 105 Å². The Hall–Kier alpha value is -3.22. The Morgan fingerprint density at radius 1 is 1.32 bits per heavy atom. The van der Waals surface area contributed by atoms with Crippen LogP contribution in [0.5, 0.6) is 5.75 Å². The molecule has 0 aromatic heterocycles. The van der Waals surface area contributed by atoms with Crippen molar-refractivity contribution in [3.8, 4) is 5.75 Å². The molecule has 2 N–H and O–H groups in total. The molecule has 22 heavy (non-hydrogen) atoms. The summed E-state index contributed by atoms with van der Waals surface area (Å²) in [6.45, 7) is 1.81. The van der Waals surface area contributed by atoms with Gasteiger partial charge in [0.05, 0.1) is 11.1 Å². The van der Waals surface area contributed by atoms with Crippen LogP contribution in [0.3, 0.4) is 0 Å². The van der Waals surface area contributed by atoms with Crippen LogP contribution < -0.4 is 5.43 Å². The molecule has 0 fully saturated rings. The molecule has 0 radical (unpaired) electrons. The first-order chi connectivity index (χ1) is 10.5. The first-order valence-corrected chi connectivity index (χ1v) is 6.35. The maximum atomic E-state index is 11.9. The van der Waals surface area contributed by atoms with E-state index in [9.17, 15) is 20.0 Å². The van der Waals surface area contributed by atoms with Crippen molar-refractivity contribution in [1.82, 2.24) is 5.43 Å². The van der Waals surface area contributed by atoms with Crippen LogP contribution in [-0.2, 0) is 0 Å². The van der Waals surface area contributed by atoms with Crippen molar-refractivity contribution in [3.05, 3.63) is 69.3 Å². The number of nitro groups is 1. The Balaban J connectivity index is 2.10. The third kappa shape index (κ3) is 3.45. The van der Waals surface area contributed by atoms with Crippen molar-refractivity contribution in [3.63, 3.8) is 0 Å². The molecule has 0 atom stereocenters. The Morgan fingerprint density at radius 2 is 2.05 bits per heavy atom. The van der Waals surface area contributed by atoms with Gasteiger partial charge in [0.25, 0.3) is 5.91 Å². The van der Waals surface area contributed by atoms with Gasteiger partial charge in [0.15, 0.2) is 5.75 Å². The van der Waals surface area contributed by atoms with Crippen molar-refractivity contribution in [2.75, 3.05) is 0 Å². The summed E-state index contributed by atoms with van der Waals surface area (Å²) in [6.07, 6.45) is 1.27. The number of rotatable bonds is 4. The lowest BCUT2D eigenvalue weighted by Crippen LogP contribution is -2.18. The van der Waals surface area contributed by atoms with Gasteiger partial charge in [-0.15, -0.1) is 0 Å². The second-order valence-corrected chi connectivity index (χ2v) is 4.52. The fourth-order valence-corrected chi connectivity index (χ4v) is 1.82. The molecule has 2 aromatic carbocycles. The molecule has 7 heteroatoms. The number of hydrazone groups is 1. The van der Waals surface area contributed by atoms with Crippen LogP contribution in [-0.4, -0.2) is 22.2 Å². The highest BCUT2D eigenvalue weighted by Crippen LogP contribution is 2.25. The zero-order valence-electron chi connectivity index (χ0n) is 11.7. The average molecular weight is 299 g/mol. The van der Waals surface area contributed by atoms with E-state index in [1.807, 2.05) is 19.1 Å². The number of aromatic hydroxyl groups is 1. The molecule has 7 nitrogen and oxygen atoms in total. The number of carbonyl (C=O) groups is 1. The Bertz CT molecular complexity index is 756. The molecule has 0 spiro atoms. The van der Waals surface area contributed by atoms with Gasteiger partial charge in [0, 0.05) is 17.2 Å². The first kappa shape index (κ1) is 15.2. The molecule has 0 bridgehead atoms. The third-order valence-corrected chi connectivity index (χ3v) is 2.97. The lowest BCUT2D eigenvalue weighted by molar-refractivity contribution is -0.385. The Labute approximate surface area is 126 Å². The van der Waals surface area contributed by atoms with Gasteiger partial charge in [-0.25, -0.2) is 5.43 Å². The number of carbonyl (C=O) groups excluding carboxylic acids is 1. The van der Waals surface area contributed by atoms with Crippen LogP contribution in [0.4, 0.5) is 5.69 Å². The molecular formula is C15H13N3O4. The third-order valence-electron chi connectivity index (χ3n) is 2.97. The molecule has 2 aromatic rings. The number of benzene rings is 2. The van der Waals surface area contributed by atoms with Crippen LogP contribution >= 0.6 is 0 Å². The summed E-state index contributed by atoms with van der Waals surface area (Å²) in [5.41, 5.74) is 3.62. The lowest BCUT2D eigenvalue weighted by atomic mass is 10.1. The number of phenols is 1. The number of aryl methyl sites for hydroxylation is 1. The summed E-state index contributed by atoms with van der Waals surface area (Å²) in [6, 6.07) is 10.9. The van der Waals surface area contributed by atoms with Crippen molar-refractivity contribution in [2.24, 2.45) is 5.10 Å². The van der Waals surface area contributed by atoms with Gasteiger partial charge in [-0.05, 0) is 30.7 Å². The van der Waals surface area contributed by atoms with E-state index < -0.39 is 16.4 Å². The predicted octanol–water partition coefficient (Wildman–Crippen LogP) is 2.37. The van der Waals surface area contributed by atoms with Crippen LogP contribution in [0.1, 0.15) is 21.5 Å². The summed E-state index contributed by atoms with van der Waals surface area (Å²) in [7, 11) is 0. The number of phenolic OH excluding ortho intramolecular Hbond substituents is 1. The number of hydrogen-bond acceptors (Lipinski definition) is 5. The second-order valence-electron chi connectivity index (χ2n) is 4.52. The van der Waals surface area contributed by atoms with Crippen molar-refractivity contribution < 1.29 is 14.8 Å². The maximum Gasteiger partial charge on any atom is 0.311 e. The fraction of sp³-hybridized carbons (Fsp3) is 0.0667. The molecule has 0 saturated heterocycles. The van der Waals surface area contributed by atoms with Crippen LogP contribution in [0.25, 0.3) is 0 Å². The van der Waals surface area contributed by atoms with Gasteiger partial charge >= 0.3 is 5.69 Å². The van der Waals surface area contributed by atoms with Gasteiger partial charge in [-0.3, -0.25) is 14.9 Å². The minimum atomic E-state index is -0.696. The summed E-state index contributed by atoms with van der Waals surface area (Å²) in [5, 5.41) is 23.8. The van der Waals surface area contributed by atoms with Gasteiger partial charge in [-0.2, -0.15) is 5.10 Å². The van der Waals surface area contributed by atoms with Crippen molar-refractivity contribution >= 4 is 17.8 Å². The highest BCUT2D eigenvalue weighted by atomic mass is 16.6. The molecule has 112 valence electrons. The number of nitrogens with one attached hydrogen (secondary N) is 1. The van der Waals surface area contributed by atoms with E-state index in [1.165, 1.54) is 24.4 Å². The minimum Gasteiger partial charge on any atom is -0.502 e. The largest absolute Gasteiger partial charge is 0.502 e. The summed E-state index contributed by atoms with van der Waals surface area (Å²) < 4.78 is 0. The van der Waals surface area contributed by atoms with Gasteiger partial charge in [0.1, 0.15) is 0 Å². The first-order valence-electron chi connectivity index (χ1n) is 6.35. The quantitative estimate of drug-likeness (QED) is 0.513. The zero-order valence-corrected chi connectivity index (χ0v) is 11.7. The van der Waals surface area contributed by atoms with E-state index in [4.69, 9.17) is 0 Å². The van der Waals surface area contributed by atoms with E-state index in [-0.39, 0.29) is 5.91 Å². The molecule has 0 heterocycles.